The van der Waals surface area contributed by atoms with Gasteiger partial charge in [-0.1, -0.05) is 30.3 Å². The summed E-state index contributed by atoms with van der Waals surface area (Å²) in [6.45, 7) is 4.31. The van der Waals surface area contributed by atoms with E-state index in [1.165, 1.54) is 18.4 Å². The molecule has 1 atom stereocenters. The maximum absolute atomic E-state index is 12.8. The zero-order valence-electron chi connectivity index (χ0n) is 16.1. The maximum atomic E-state index is 12.8. The van der Waals surface area contributed by atoms with Crippen molar-refractivity contribution in [1.29, 1.82) is 0 Å². The number of carboxylic acids is 1. The molecule has 0 bridgehead atoms. The van der Waals surface area contributed by atoms with E-state index in [4.69, 9.17) is 9.84 Å². The Morgan fingerprint density at radius 3 is 2.68 bits per heavy atom. The minimum absolute atomic E-state index is 0.108. The summed E-state index contributed by atoms with van der Waals surface area (Å²) in [4.78, 5) is 25.4. The lowest BCUT2D eigenvalue weighted by molar-refractivity contribution is -0.139. The van der Waals surface area contributed by atoms with Crippen LogP contribution in [-0.2, 0) is 16.1 Å². The maximum Gasteiger partial charge on any atom is 0.305 e. The second kappa shape index (κ2) is 8.12. The Morgan fingerprint density at radius 1 is 1.32 bits per heavy atom. The molecule has 0 saturated heterocycles. The molecule has 0 aliphatic rings. The van der Waals surface area contributed by atoms with E-state index in [9.17, 15) is 9.59 Å². The number of benzene rings is 1. The van der Waals surface area contributed by atoms with Crippen LogP contribution >= 0.6 is 11.3 Å². The number of nitrogens with one attached hydrogen (secondary N) is 1. The molecule has 3 rings (SSSR count). The Labute approximate surface area is 166 Å². The summed E-state index contributed by atoms with van der Waals surface area (Å²) in [5.74, 6) is -1.31. The van der Waals surface area contributed by atoms with E-state index in [1.54, 1.807) is 6.92 Å². The van der Waals surface area contributed by atoms with Gasteiger partial charge in [-0.2, -0.15) is 5.10 Å². The number of amides is 1. The molecule has 2 N–H and O–H groups in total. The quantitative estimate of drug-likeness (QED) is 0.605. The molecule has 0 radical (unpaired) electrons. The minimum atomic E-state index is -0.995. The van der Waals surface area contributed by atoms with Gasteiger partial charge in [0.05, 0.1) is 35.7 Å². The first-order valence-corrected chi connectivity index (χ1v) is 9.67. The van der Waals surface area contributed by atoms with E-state index >= 15 is 0 Å². The minimum Gasteiger partial charge on any atom is -0.481 e. The van der Waals surface area contributed by atoms with E-state index in [2.05, 4.69) is 10.4 Å². The van der Waals surface area contributed by atoms with Crippen LogP contribution in [0.3, 0.4) is 0 Å². The van der Waals surface area contributed by atoms with Crippen LogP contribution in [0, 0.1) is 6.92 Å². The lowest BCUT2D eigenvalue weighted by Gasteiger charge is -2.28. The van der Waals surface area contributed by atoms with Crippen molar-refractivity contribution in [3.8, 4) is 0 Å². The molecule has 0 aliphatic heterocycles. The molecule has 8 heteroatoms. The second-order valence-corrected chi connectivity index (χ2v) is 8.11. The molecule has 0 saturated carbocycles. The van der Waals surface area contributed by atoms with Gasteiger partial charge >= 0.3 is 5.97 Å². The number of hydrogen-bond donors (Lipinski definition) is 2. The smallest absolute Gasteiger partial charge is 0.305 e. The molecular formula is C20H23N3O4S. The van der Waals surface area contributed by atoms with Crippen LogP contribution in [0.25, 0.3) is 10.2 Å². The van der Waals surface area contributed by atoms with Crippen LogP contribution in [0.5, 0.6) is 0 Å². The number of carbonyl (C=O) groups excluding carboxylic acids is 1. The van der Waals surface area contributed by atoms with E-state index in [-0.39, 0.29) is 18.9 Å². The predicted molar refractivity (Wildman–Crippen MR) is 108 cm³/mol. The van der Waals surface area contributed by atoms with E-state index < -0.39 is 11.5 Å². The number of thiophene rings is 1. The monoisotopic (exact) mass is 401 g/mol. The largest absolute Gasteiger partial charge is 0.481 e. The van der Waals surface area contributed by atoms with Crippen molar-refractivity contribution in [3.63, 3.8) is 0 Å². The number of ether oxygens (including phenoxy) is 1. The molecule has 2 aromatic heterocycles. The molecular weight excluding hydrogens is 378 g/mol. The van der Waals surface area contributed by atoms with Crippen molar-refractivity contribution in [1.82, 2.24) is 15.1 Å². The Balaban J connectivity index is 1.86. The van der Waals surface area contributed by atoms with E-state index in [0.29, 0.717) is 11.4 Å². The SMILES string of the molecule is COCC(C)(CC(=O)O)NC(=O)c1cc2c(C)nn(Cc3ccccc3)c2s1. The highest BCUT2D eigenvalue weighted by Crippen LogP contribution is 2.29. The molecule has 1 amide bonds. The number of carboxylic acid groups (broad SMARTS) is 1. The summed E-state index contributed by atoms with van der Waals surface area (Å²) in [7, 11) is 1.48. The molecule has 0 spiro atoms. The number of hydrogen-bond acceptors (Lipinski definition) is 5. The van der Waals surface area contributed by atoms with Crippen LogP contribution in [0.15, 0.2) is 36.4 Å². The van der Waals surface area contributed by atoms with Gasteiger partial charge in [0.15, 0.2) is 0 Å². The third kappa shape index (κ3) is 4.40. The van der Waals surface area contributed by atoms with Gasteiger partial charge in [-0.05, 0) is 25.5 Å². The lowest BCUT2D eigenvalue weighted by atomic mass is 9.99. The summed E-state index contributed by atoms with van der Waals surface area (Å²) >= 11 is 1.35. The average Bonchev–Trinajstić information content (AvgIpc) is 3.17. The van der Waals surface area contributed by atoms with Crippen LogP contribution in [0.4, 0.5) is 0 Å². The van der Waals surface area contributed by atoms with Gasteiger partial charge in [-0.25, -0.2) is 0 Å². The van der Waals surface area contributed by atoms with Gasteiger partial charge in [0.1, 0.15) is 4.83 Å². The molecule has 0 aliphatic carbocycles. The van der Waals surface area contributed by atoms with Crippen LogP contribution in [0.2, 0.25) is 0 Å². The van der Waals surface area contributed by atoms with Crippen LogP contribution < -0.4 is 5.32 Å². The van der Waals surface area contributed by atoms with Crippen LogP contribution in [0.1, 0.15) is 34.3 Å². The summed E-state index contributed by atoms with van der Waals surface area (Å²) in [6.07, 6.45) is -0.224. The molecule has 28 heavy (non-hydrogen) atoms. The Morgan fingerprint density at radius 2 is 2.04 bits per heavy atom. The van der Waals surface area contributed by atoms with Crippen molar-refractivity contribution in [3.05, 3.63) is 52.5 Å². The molecule has 7 nitrogen and oxygen atoms in total. The van der Waals surface area contributed by atoms with Gasteiger partial charge in [0, 0.05) is 12.5 Å². The summed E-state index contributed by atoms with van der Waals surface area (Å²) in [6, 6.07) is 11.8. The van der Waals surface area contributed by atoms with Crippen LogP contribution in [-0.4, -0.2) is 46.0 Å². The van der Waals surface area contributed by atoms with Crippen molar-refractivity contribution < 1.29 is 19.4 Å². The molecule has 0 fully saturated rings. The number of methoxy groups -OCH3 is 1. The van der Waals surface area contributed by atoms with E-state index in [1.807, 2.05) is 48.0 Å². The van der Waals surface area contributed by atoms with Gasteiger partial charge in [-0.3, -0.25) is 14.3 Å². The number of carbonyl (C=O) groups is 2. The van der Waals surface area contributed by atoms with Gasteiger partial charge in [0.25, 0.3) is 5.91 Å². The van der Waals surface area contributed by atoms with Crippen molar-refractivity contribution >= 4 is 33.4 Å². The van der Waals surface area contributed by atoms with Crippen molar-refractivity contribution in [2.45, 2.75) is 32.4 Å². The number of rotatable bonds is 8. The summed E-state index contributed by atoms with van der Waals surface area (Å²) in [5.41, 5.74) is 0.991. The zero-order chi connectivity index (χ0) is 20.3. The fourth-order valence-electron chi connectivity index (χ4n) is 3.21. The summed E-state index contributed by atoms with van der Waals surface area (Å²) < 4.78 is 7.00. The third-order valence-electron chi connectivity index (χ3n) is 4.43. The molecule has 1 aromatic carbocycles. The topological polar surface area (TPSA) is 93.4 Å². The first kappa shape index (κ1) is 20.0. The fraction of sp³-hybridized carbons (Fsp3) is 0.350. The number of aliphatic carboxylic acids is 1. The van der Waals surface area contributed by atoms with Gasteiger partial charge < -0.3 is 15.2 Å². The first-order valence-electron chi connectivity index (χ1n) is 8.85. The molecule has 1 unspecified atom stereocenters. The Kier molecular flexibility index (Phi) is 5.81. The number of nitrogens with zero attached hydrogens (tertiary/aromatic N) is 2. The zero-order valence-corrected chi connectivity index (χ0v) is 16.9. The molecule has 2 heterocycles. The highest BCUT2D eigenvalue weighted by molar-refractivity contribution is 7.20. The summed E-state index contributed by atoms with van der Waals surface area (Å²) in [5, 5.41) is 17.5. The highest BCUT2D eigenvalue weighted by Gasteiger charge is 2.31. The number of aromatic nitrogens is 2. The Hall–Kier alpha value is -2.71. The highest BCUT2D eigenvalue weighted by atomic mass is 32.1. The van der Waals surface area contributed by atoms with Gasteiger partial charge in [0.2, 0.25) is 0 Å². The van der Waals surface area contributed by atoms with Crippen molar-refractivity contribution in [2.75, 3.05) is 13.7 Å². The first-order chi connectivity index (χ1) is 13.3. The second-order valence-electron chi connectivity index (χ2n) is 7.08. The predicted octanol–water partition coefficient (Wildman–Crippen LogP) is 3.06. The number of fused-ring (bicyclic) bond motifs is 1. The molecule has 3 aromatic rings. The average molecular weight is 401 g/mol. The van der Waals surface area contributed by atoms with Crippen molar-refractivity contribution in [2.24, 2.45) is 0 Å². The normalized spacial score (nSPS) is 13.4. The molecule has 148 valence electrons. The Bertz CT molecular complexity index is 996. The lowest BCUT2D eigenvalue weighted by Crippen LogP contribution is -2.50. The standard InChI is InChI=1S/C20H23N3O4S/c1-13-15-9-16(18(26)21-20(2,12-27-3)10-17(24)25)28-19(15)23(22-13)11-14-7-5-4-6-8-14/h4-9H,10-12H2,1-3H3,(H,21,26)(H,24,25). The van der Waals surface area contributed by atoms with E-state index in [0.717, 1.165) is 21.5 Å². The number of aryl methyl sites for hydroxylation is 1. The van der Waals surface area contributed by atoms with Gasteiger partial charge in [-0.15, -0.1) is 11.3 Å². The third-order valence-corrected chi connectivity index (χ3v) is 5.57. The fourth-order valence-corrected chi connectivity index (χ4v) is 4.26.